The molecule has 0 heterocycles. The van der Waals surface area contributed by atoms with Crippen molar-refractivity contribution in [3.05, 3.63) is 107 Å². The van der Waals surface area contributed by atoms with Gasteiger partial charge >= 0.3 is 0 Å². The molecule has 5 heteroatoms. The van der Waals surface area contributed by atoms with Gasteiger partial charge in [0.1, 0.15) is 6.04 Å². The third kappa shape index (κ3) is 8.03. The lowest BCUT2D eigenvalue weighted by Gasteiger charge is -2.34. The number of amides is 2. The Balaban J connectivity index is 1.92. The van der Waals surface area contributed by atoms with E-state index in [1.54, 1.807) is 11.0 Å². The second kappa shape index (κ2) is 11.8. The Kier molecular flexibility index (Phi) is 8.89. The highest BCUT2D eigenvalue weighted by Crippen LogP contribution is 2.19. The molecule has 3 rings (SSSR count). The number of hydrogen-bond acceptors (Lipinski definition) is 2. The van der Waals surface area contributed by atoms with Crippen molar-refractivity contribution in [1.82, 2.24) is 10.2 Å². The van der Waals surface area contributed by atoms with Crippen LogP contribution < -0.4 is 5.32 Å². The third-order valence-electron chi connectivity index (χ3n) is 5.48. The number of nitrogens with one attached hydrogen (secondary N) is 1. The molecule has 0 aliphatic carbocycles. The molecule has 0 aliphatic heterocycles. The highest BCUT2D eigenvalue weighted by molar-refractivity contribution is 6.30. The van der Waals surface area contributed by atoms with Crippen molar-refractivity contribution in [2.45, 2.75) is 58.2 Å². The van der Waals surface area contributed by atoms with Gasteiger partial charge in [-0.2, -0.15) is 0 Å². The summed E-state index contributed by atoms with van der Waals surface area (Å²) in [5.74, 6) is -0.222. The van der Waals surface area contributed by atoms with Crippen LogP contribution in [0, 0.1) is 0 Å². The molecule has 3 aromatic carbocycles. The molecule has 0 spiro atoms. The fraction of sp³-hybridized carbons (Fsp3) is 0.310. The van der Waals surface area contributed by atoms with Crippen LogP contribution in [0.5, 0.6) is 0 Å². The monoisotopic (exact) mass is 476 g/mol. The first kappa shape index (κ1) is 25.5. The largest absolute Gasteiger partial charge is 0.350 e. The molecule has 1 N–H and O–H groups in total. The molecular formula is C29H33ClN2O2. The molecule has 0 saturated heterocycles. The first-order chi connectivity index (χ1) is 16.2. The molecule has 0 saturated carbocycles. The van der Waals surface area contributed by atoms with Gasteiger partial charge in [-0.3, -0.25) is 9.59 Å². The molecule has 0 fully saturated rings. The van der Waals surface area contributed by atoms with Crippen LogP contribution in [0.4, 0.5) is 0 Å². The summed E-state index contributed by atoms with van der Waals surface area (Å²) in [6, 6.07) is 26.6. The molecule has 4 nitrogen and oxygen atoms in total. The van der Waals surface area contributed by atoms with Gasteiger partial charge in [0.2, 0.25) is 11.8 Å². The lowest BCUT2D eigenvalue weighted by molar-refractivity contribution is -0.141. The number of carbonyl (C=O) groups is 2. The number of carbonyl (C=O) groups excluding carboxylic acids is 2. The third-order valence-corrected chi connectivity index (χ3v) is 5.72. The van der Waals surface area contributed by atoms with E-state index in [0.717, 1.165) is 16.7 Å². The van der Waals surface area contributed by atoms with Crippen molar-refractivity contribution >= 4 is 23.4 Å². The summed E-state index contributed by atoms with van der Waals surface area (Å²) in [6.07, 6.45) is 1.36. The molecule has 0 bridgehead atoms. The second-order valence-electron chi connectivity index (χ2n) is 9.58. The van der Waals surface area contributed by atoms with Gasteiger partial charge in [0.15, 0.2) is 0 Å². The fourth-order valence-corrected chi connectivity index (χ4v) is 4.09. The lowest BCUT2D eigenvalue weighted by atomic mass is 10.00. The summed E-state index contributed by atoms with van der Waals surface area (Å²) in [7, 11) is 0. The van der Waals surface area contributed by atoms with Gasteiger partial charge in [0.05, 0.1) is 0 Å². The van der Waals surface area contributed by atoms with Crippen LogP contribution in [0.3, 0.4) is 0 Å². The molecule has 0 unspecified atom stereocenters. The zero-order chi connectivity index (χ0) is 24.6. The predicted molar refractivity (Wildman–Crippen MR) is 139 cm³/mol. The highest BCUT2D eigenvalue weighted by Gasteiger charge is 2.32. The number of hydrogen-bond donors (Lipinski definition) is 1. The molecule has 34 heavy (non-hydrogen) atoms. The molecule has 178 valence electrons. The summed E-state index contributed by atoms with van der Waals surface area (Å²) in [4.78, 5) is 28.8. The van der Waals surface area contributed by atoms with E-state index in [-0.39, 0.29) is 11.8 Å². The summed E-state index contributed by atoms with van der Waals surface area (Å²) in [5, 5.41) is 3.69. The zero-order valence-corrected chi connectivity index (χ0v) is 20.9. The molecule has 0 aliphatic rings. The van der Waals surface area contributed by atoms with Crippen molar-refractivity contribution in [3.8, 4) is 0 Å². The first-order valence-corrected chi connectivity index (χ1v) is 12.0. The van der Waals surface area contributed by atoms with Crippen LogP contribution in [0.1, 0.15) is 43.9 Å². The van der Waals surface area contributed by atoms with Crippen LogP contribution in [0.15, 0.2) is 84.9 Å². The first-order valence-electron chi connectivity index (χ1n) is 11.6. The molecule has 0 aromatic heterocycles. The van der Waals surface area contributed by atoms with Crippen LogP contribution in [0.25, 0.3) is 0 Å². The predicted octanol–water partition coefficient (Wildman–Crippen LogP) is 5.83. The maximum atomic E-state index is 13.6. The smallest absolute Gasteiger partial charge is 0.243 e. The summed E-state index contributed by atoms with van der Waals surface area (Å²) < 4.78 is 0. The van der Waals surface area contributed by atoms with Gasteiger partial charge < -0.3 is 10.2 Å². The number of halogens is 1. The standard InChI is InChI=1S/C29H33ClN2O2/c1-29(2,3)31-28(34)26(20-23-13-8-5-9-14-23)32(21-24-15-10-16-25(30)19-24)27(33)18-17-22-11-6-4-7-12-22/h4-16,19,26H,17-18,20-21H2,1-3H3,(H,31,34)/t26-/m0/s1. The molecule has 0 radical (unpaired) electrons. The number of benzene rings is 3. The van der Waals surface area contributed by atoms with Crippen LogP contribution >= 0.6 is 11.6 Å². The Morgan fingerprint density at radius 2 is 1.44 bits per heavy atom. The number of rotatable bonds is 9. The van der Waals surface area contributed by atoms with E-state index in [9.17, 15) is 9.59 Å². The summed E-state index contributed by atoms with van der Waals surface area (Å²) in [5.41, 5.74) is 2.57. The number of nitrogens with zero attached hydrogens (tertiary/aromatic N) is 1. The minimum Gasteiger partial charge on any atom is -0.350 e. The normalized spacial score (nSPS) is 12.1. The molecule has 2 amide bonds. The van der Waals surface area contributed by atoms with Crippen molar-refractivity contribution in [2.75, 3.05) is 0 Å². The average molecular weight is 477 g/mol. The van der Waals surface area contributed by atoms with E-state index < -0.39 is 11.6 Å². The molecule has 3 aromatic rings. The maximum absolute atomic E-state index is 13.6. The van der Waals surface area contributed by atoms with Gasteiger partial charge in [-0.25, -0.2) is 0 Å². The van der Waals surface area contributed by atoms with E-state index in [4.69, 9.17) is 11.6 Å². The van der Waals surface area contributed by atoms with E-state index in [2.05, 4.69) is 5.32 Å². The van der Waals surface area contributed by atoms with E-state index >= 15 is 0 Å². The van der Waals surface area contributed by atoms with Gasteiger partial charge in [-0.05, 0) is 56.0 Å². The Morgan fingerprint density at radius 1 is 0.853 bits per heavy atom. The van der Waals surface area contributed by atoms with Crippen LogP contribution in [-0.2, 0) is 29.0 Å². The Hall–Kier alpha value is -3.11. The molecule has 1 atom stereocenters. The summed E-state index contributed by atoms with van der Waals surface area (Å²) in [6.45, 7) is 6.15. The van der Waals surface area contributed by atoms with E-state index in [1.807, 2.05) is 99.6 Å². The van der Waals surface area contributed by atoms with Gasteiger partial charge in [-0.15, -0.1) is 0 Å². The van der Waals surface area contributed by atoms with Crippen LogP contribution in [0.2, 0.25) is 5.02 Å². The number of aryl methyl sites for hydroxylation is 1. The average Bonchev–Trinajstić information content (AvgIpc) is 2.80. The Morgan fingerprint density at radius 3 is 2.03 bits per heavy atom. The second-order valence-corrected chi connectivity index (χ2v) is 10.0. The van der Waals surface area contributed by atoms with E-state index in [1.165, 1.54) is 0 Å². The SMILES string of the molecule is CC(C)(C)NC(=O)[C@H](Cc1ccccc1)N(Cc1cccc(Cl)c1)C(=O)CCc1ccccc1. The Labute approximate surface area is 207 Å². The van der Waals surface area contributed by atoms with E-state index in [0.29, 0.717) is 30.8 Å². The summed E-state index contributed by atoms with van der Waals surface area (Å²) >= 11 is 6.23. The maximum Gasteiger partial charge on any atom is 0.243 e. The quantitative estimate of drug-likeness (QED) is 0.422. The van der Waals surface area contributed by atoms with Gasteiger partial charge in [0, 0.05) is 29.9 Å². The fourth-order valence-electron chi connectivity index (χ4n) is 3.88. The van der Waals surface area contributed by atoms with Crippen molar-refractivity contribution < 1.29 is 9.59 Å². The van der Waals surface area contributed by atoms with Crippen molar-refractivity contribution in [2.24, 2.45) is 0 Å². The minimum absolute atomic E-state index is 0.0613. The minimum atomic E-state index is -0.649. The lowest BCUT2D eigenvalue weighted by Crippen LogP contribution is -2.54. The molecular weight excluding hydrogens is 444 g/mol. The van der Waals surface area contributed by atoms with Crippen molar-refractivity contribution in [3.63, 3.8) is 0 Å². The topological polar surface area (TPSA) is 49.4 Å². The zero-order valence-electron chi connectivity index (χ0n) is 20.1. The van der Waals surface area contributed by atoms with Gasteiger partial charge in [-0.1, -0.05) is 84.4 Å². The van der Waals surface area contributed by atoms with Gasteiger partial charge in [0.25, 0.3) is 0 Å². The van der Waals surface area contributed by atoms with Crippen LogP contribution in [-0.4, -0.2) is 28.3 Å². The Bertz CT molecular complexity index is 1080. The van der Waals surface area contributed by atoms with Crippen molar-refractivity contribution in [1.29, 1.82) is 0 Å². The highest BCUT2D eigenvalue weighted by atomic mass is 35.5.